The van der Waals surface area contributed by atoms with Crippen molar-refractivity contribution in [1.82, 2.24) is 9.97 Å². The summed E-state index contributed by atoms with van der Waals surface area (Å²) in [6.45, 7) is 2.74. The number of anilines is 4. The molecule has 7 nitrogen and oxygen atoms in total. The van der Waals surface area contributed by atoms with Crippen molar-refractivity contribution in [2.45, 2.75) is 6.92 Å². The van der Waals surface area contributed by atoms with Gasteiger partial charge in [-0.25, -0.2) is 0 Å². The SMILES string of the molecule is CCNc1cc(Nc2ccc(OC)c(OC)c2)nc(N)n1. The van der Waals surface area contributed by atoms with Gasteiger partial charge in [0.25, 0.3) is 0 Å². The highest BCUT2D eigenvalue weighted by Crippen LogP contribution is 2.31. The lowest BCUT2D eigenvalue weighted by Crippen LogP contribution is -2.05. The van der Waals surface area contributed by atoms with Crippen LogP contribution in [0.3, 0.4) is 0 Å². The average molecular weight is 289 g/mol. The van der Waals surface area contributed by atoms with Gasteiger partial charge in [0.2, 0.25) is 5.95 Å². The normalized spacial score (nSPS) is 10.0. The minimum absolute atomic E-state index is 0.205. The second-order valence-electron chi connectivity index (χ2n) is 4.22. The summed E-state index contributed by atoms with van der Waals surface area (Å²) in [4.78, 5) is 8.25. The zero-order chi connectivity index (χ0) is 15.2. The van der Waals surface area contributed by atoms with E-state index in [0.29, 0.717) is 23.1 Å². The smallest absolute Gasteiger partial charge is 0.223 e. The van der Waals surface area contributed by atoms with Crippen LogP contribution in [0.4, 0.5) is 23.3 Å². The van der Waals surface area contributed by atoms with E-state index in [1.165, 1.54) is 0 Å². The summed E-state index contributed by atoms with van der Waals surface area (Å²) in [5.74, 6) is 2.78. The fourth-order valence-corrected chi connectivity index (χ4v) is 1.86. The van der Waals surface area contributed by atoms with Crippen molar-refractivity contribution in [3.05, 3.63) is 24.3 Å². The Bertz CT molecular complexity index is 618. The molecule has 21 heavy (non-hydrogen) atoms. The first-order valence-electron chi connectivity index (χ1n) is 6.53. The zero-order valence-corrected chi connectivity index (χ0v) is 12.3. The summed E-state index contributed by atoms with van der Waals surface area (Å²) in [7, 11) is 3.19. The number of nitrogens with zero attached hydrogens (tertiary/aromatic N) is 2. The van der Waals surface area contributed by atoms with E-state index in [9.17, 15) is 0 Å². The molecule has 0 saturated carbocycles. The van der Waals surface area contributed by atoms with E-state index in [0.717, 1.165) is 12.2 Å². The van der Waals surface area contributed by atoms with Crippen LogP contribution in [0.1, 0.15) is 6.92 Å². The molecule has 0 unspecified atom stereocenters. The molecule has 0 spiro atoms. The summed E-state index contributed by atoms with van der Waals surface area (Å²) < 4.78 is 10.5. The van der Waals surface area contributed by atoms with Crippen LogP contribution in [-0.4, -0.2) is 30.7 Å². The molecule has 2 rings (SSSR count). The van der Waals surface area contributed by atoms with Crippen molar-refractivity contribution in [3.8, 4) is 11.5 Å². The number of nitrogen functional groups attached to an aromatic ring is 1. The number of methoxy groups -OCH3 is 2. The maximum Gasteiger partial charge on any atom is 0.223 e. The molecule has 112 valence electrons. The molecule has 2 aromatic rings. The predicted molar refractivity (Wildman–Crippen MR) is 83.4 cm³/mol. The van der Waals surface area contributed by atoms with E-state index in [2.05, 4.69) is 20.6 Å². The molecule has 7 heteroatoms. The first-order valence-corrected chi connectivity index (χ1v) is 6.53. The van der Waals surface area contributed by atoms with Gasteiger partial charge in [-0.3, -0.25) is 0 Å². The number of benzene rings is 1. The standard InChI is InChI=1S/C14H19N5O2/c1-4-16-12-8-13(19-14(15)18-12)17-9-5-6-10(20-2)11(7-9)21-3/h5-8H,4H2,1-3H3,(H4,15,16,17,18,19). The van der Waals surface area contributed by atoms with E-state index in [-0.39, 0.29) is 5.95 Å². The molecular formula is C14H19N5O2. The van der Waals surface area contributed by atoms with Crippen LogP contribution in [-0.2, 0) is 0 Å². The number of hydrogen-bond donors (Lipinski definition) is 3. The number of nitrogens with one attached hydrogen (secondary N) is 2. The highest BCUT2D eigenvalue weighted by molar-refractivity contribution is 5.64. The van der Waals surface area contributed by atoms with Crippen LogP contribution in [0.25, 0.3) is 0 Å². The Morgan fingerprint density at radius 3 is 2.43 bits per heavy atom. The van der Waals surface area contributed by atoms with Crippen molar-refractivity contribution in [2.24, 2.45) is 0 Å². The number of ether oxygens (including phenoxy) is 2. The second-order valence-corrected chi connectivity index (χ2v) is 4.22. The summed E-state index contributed by atoms with van der Waals surface area (Å²) >= 11 is 0. The monoisotopic (exact) mass is 289 g/mol. The highest BCUT2D eigenvalue weighted by Gasteiger charge is 2.06. The Morgan fingerprint density at radius 1 is 1.05 bits per heavy atom. The topological polar surface area (TPSA) is 94.3 Å². The van der Waals surface area contributed by atoms with Crippen LogP contribution in [0.15, 0.2) is 24.3 Å². The molecule has 0 radical (unpaired) electrons. The Morgan fingerprint density at radius 2 is 1.76 bits per heavy atom. The number of rotatable bonds is 6. The van der Waals surface area contributed by atoms with Crippen LogP contribution >= 0.6 is 0 Å². The number of hydrogen-bond acceptors (Lipinski definition) is 7. The predicted octanol–water partition coefficient (Wildman–Crippen LogP) is 2.25. The molecule has 0 saturated heterocycles. The van der Waals surface area contributed by atoms with Gasteiger partial charge in [-0.05, 0) is 19.1 Å². The lowest BCUT2D eigenvalue weighted by molar-refractivity contribution is 0.355. The van der Waals surface area contributed by atoms with E-state index in [1.54, 1.807) is 20.3 Å². The molecule has 1 aromatic heterocycles. The summed E-state index contributed by atoms with van der Waals surface area (Å²) in [6, 6.07) is 7.30. The lowest BCUT2D eigenvalue weighted by Gasteiger charge is -2.12. The third-order valence-electron chi connectivity index (χ3n) is 2.76. The molecule has 4 N–H and O–H groups in total. The van der Waals surface area contributed by atoms with Gasteiger partial charge in [0.1, 0.15) is 11.6 Å². The molecule has 0 bridgehead atoms. The number of nitrogens with two attached hydrogens (primary N) is 1. The second kappa shape index (κ2) is 6.65. The van der Waals surface area contributed by atoms with Crippen LogP contribution < -0.4 is 25.8 Å². The maximum atomic E-state index is 5.70. The molecular weight excluding hydrogens is 270 g/mol. The van der Waals surface area contributed by atoms with Crippen molar-refractivity contribution in [1.29, 1.82) is 0 Å². The third kappa shape index (κ3) is 3.65. The Hall–Kier alpha value is -2.70. The van der Waals surface area contributed by atoms with Crippen LogP contribution in [0.5, 0.6) is 11.5 Å². The van der Waals surface area contributed by atoms with E-state index in [4.69, 9.17) is 15.2 Å². The van der Waals surface area contributed by atoms with Crippen molar-refractivity contribution in [3.63, 3.8) is 0 Å². The first-order chi connectivity index (χ1) is 10.2. The van der Waals surface area contributed by atoms with Gasteiger partial charge in [-0.1, -0.05) is 0 Å². The zero-order valence-electron chi connectivity index (χ0n) is 12.3. The van der Waals surface area contributed by atoms with Gasteiger partial charge in [-0.2, -0.15) is 9.97 Å². The van der Waals surface area contributed by atoms with Crippen molar-refractivity contribution in [2.75, 3.05) is 37.1 Å². The van der Waals surface area contributed by atoms with Crippen molar-refractivity contribution < 1.29 is 9.47 Å². The Balaban J connectivity index is 2.25. The first kappa shape index (κ1) is 14.7. The molecule has 1 aromatic carbocycles. The third-order valence-corrected chi connectivity index (χ3v) is 2.76. The average Bonchev–Trinajstić information content (AvgIpc) is 2.46. The highest BCUT2D eigenvalue weighted by atomic mass is 16.5. The lowest BCUT2D eigenvalue weighted by atomic mass is 10.2. The molecule has 1 heterocycles. The summed E-state index contributed by atoms with van der Waals surface area (Å²) in [6.07, 6.45) is 0. The Kier molecular flexibility index (Phi) is 4.65. The van der Waals surface area contributed by atoms with Gasteiger partial charge in [-0.15, -0.1) is 0 Å². The molecule has 0 aliphatic rings. The van der Waals surface area contributed by atoms with Gasteiger partial charge in [0, 0.05) is 24.4 Å². The fraction of sp³-hybridized carbons (Fsp3) is 0.286. The van der Waals surface area contributed by atoms with Gasteiger partial charge >= 0.3 is 0 Å². The van der Waals surface area contributed by atoms with Gasteiger partial charge < -0.3 is 25.8 Å². The molecule has 0 amide bonds. The molecule has 0 atom stereocenters. The maximum absolute atomic E-state index is 5.70. The van der Waals surface area contributed by atoms with E-state index < -0.39 is 0 Å². The minimum atomic E-state index is 0.205. The largest absolute Gasteiger partial charge is 0.493 e. The molecule has 0 aliphatic heterocycles. The quantitative estimate of drug-likeness (QED) is 0.750. The summed E-state index contributed by atoms with van der Waals surface area (Å²) in [5, 5.41) is 6.26. The fourth-order valence-electron chi connectivity index (χ4n) is 1.86. The van der Waals surface area contributed by atoms with E-state index >= 15 is 0 Å². The van der Waals surface area contributed by atoms with Gasteiger partial charge in [0.15, 0.2) is 11.5 Å². The van der Waals surface area contributed by atoms with Crippen molar-refractivity contribution >= 4 is 23.3 Å². The van der Waals surface area contributed by atoms with Crippen LogP contribution in [0, 0.1) is 0 Å². The summed E-state index contributed by atoms with van der Waals surface area (Å²) in [5.41, 5.74) is 6.51. The molecule has 0 aliphatic carbocycles. The minimum Gasteiger partial charge on any atom is -0.493 e. The Labute approximate surface area is 123 Å². The van der Waals surface area contributed by atoms with E-state index in [1.807, 2.05) is 25.1 Å². The van der Waals surface area contributed by atoms with Crippen LogP contribution in [0.2, 0.25) is 0 Å². The molecule has 0 fully saturated rings. The van der Waals surface area contributed by atoms with Gasteiger partial charge in [0.05, 0.1) is 14.2 Å². The number of aromatic nitrogens is 2.